The van der Waals surface area contributed by atoms with Crippen LogP contribution in [0, 0.1) is 6.92 Å². The van der Waals surface area contributed by atoms with Crippen molar-refractivity contribution in [1.82, 2.24) is 9.88 Å². The number of hydrogen-bond acceptors (Lipinski definition) is 4. The van der Waals surface area contributed by atoms with Gasteiger partial charge in [-0.1, -0.05) is 0 Å². The molecular formula is C13H18N2O3S. The van der Waals surface area contributed by atoms with E-state index in [1.165, 1.54) is 0 Å². The maximum atomic E-state index is 12.4. The SMILES string of the molecule is CCN(C(=O)c1cc(C)ccn1)C1CCS(=O)(=O)C1. The summed E-state index contributed by atoms with van der Waals surface area (Å²) >= 11 is 0. The molecule has 1 atom stereocenters. The van der Waals surface area contributed by atoms with Crippen molar-refractivity contribution < 1.29 is 13.2 Å². The third-order valence-electron chi connectivity index (χ3n) is 3.39. The molecule has 1 amide bonds. The summed E-state index contributed by atoms with van der Waals surface area (Å²) in [5.74, 6) is 0.0504. The van der Waals surface area contributed by atoms with E-state index in [0.29, 0.717) is 18.7 Å². The molecule has 1 aromatic heterocycles. The fourth-order valence-electron chi connectivity index (χ4n) is 2.39. The van der Waals surface area contributed by atoms with E-state index in [4.69, 9.17) is 0 Å². The summed E-state index contributed by atoms with van der Waals surface area (Å²) in [6.07, 6.45) is 2.12. The van der Waals surface area contributed by atoms with Crippen LogP contribution in [0.15, 0.2) is 18.3 Å². The third-order valence-corrected chi connectivity index (χ3v) is 5.14. The van der Waals surface area contributed by atoms with Crippen molar-refractivity contribution in [1.29, 1.82) is 0 Å². The molecule has 0 aromatic carbocycles. The predicted octanol–water partition coefficient (Wildman–Crippen LogP) is 1.04. The van der Waals surface area contributed by atoms with Crippen molar-refractivity contribution in [2.45, 2.75) is 26.3 Å². The highest BCUT2D eigenvalue weighted by molar-refractivity contribution is 7.91. The van der Waals surface area contributed by atoms with Gasteiger partial charge in [0.2, 0.25) is 0 Å². The van der Waals surface area contributed by atoms with Crippen molar-refractivity contribution in [3.05, 3.63) is 29.6 Å². The Labute approximate surface area is 113 Å². The highest BCUT2D eigenvalue weighted by Gasteiger charge is 2.34. The minimum atomic E-state index is -2.99. The Hall–Kier alpha value is -1.43. The molecule has 6 heteroatoms. The van der Waals surface area contributed by atoms with E-state index in [1.54, 1.807) is 17.2 Å². The van der Waals surface area contributed by atoms with Gasteiger partial charge in [0.05, 0.1) is 11.5 Å². The van der Waals surface area contributed by atoms with Gasteiger partial charge in [-0.3, -0.25) is 9.78 Å². The summed E-state index contributed by atoms with van der Waals surface area (Å²) in [7, 11) is -2.99. The van der Waals surface area contributed by atoms with Crippen molar-refractivity contribution in [2.75, 3.05) is 18.1 Å². The molecule has 1 aromatic rings. The van der Waals surface area contributed by atoms with Crippen molar-refractivity contribution in [3.63, 3.8) is 0 Å². The van der Waals surface area contributed by atoms with Crippen LogP contribution in [-0.4, -0.2) is 48.3 Å². The van der Waals surface area contributed by atoms with Gasteiger partial charge in [0.1, 0.15) is 5.69 Å². The van der Waals surface area contributed by atoms with Gasteiger partial charge in [0.15, 0.2) is 9.84 Å². The highest BCUT2D eigenvalue weighted by atomic mass is 32.2. The lowest BCUT2D eigenvalue weighted by Gasteiger charge is -2.26. The molecule has 19 heavy (non-hydrogen) atoms. The van der Waals surface area contributed by atoms with Crippen LogP contribution in [0.5, 0.6) is 0 Å². The third kappa shape index (κ3) is 3.12. The average molecular weight is 282 g/mol. The molecular weight excluding hydrogens is 264 g/mol. The number of carbonyl (C=O) groups excluding carboxylic acids is 1. The zero-order valence-electron chi connectivity index (χ0n) is 11.2. The normalized spacial score (nSPS) is 21.3. The van der Waals surface area contributed by atoms with Crippen LogP contribution in [0.25, 0.3) is 0 Å². The van der Waals surface area contributed by atoms with Crippen molar-refractivity contribution in [3.8, 4) is 0 Å². The topological polar surface area (TPSA) is 67.3 Å². The molecule has 0 saturated carbocycles. The number of pyridine rings is 1. The molecule has 0 bridgehead atoms. The molecule has 1 unspecified atom stereocenters. The lowest BCUT2D eigenvalue weighted by molar-refractivity contribution is 0.0702. The molecule has 1 aliphatic rings. The van der Waals surface area contributed by atoms with E-state index in [1.807, 2.05) is 19.9 Å². The van der Waals surface area contributed by atoms with Crippen LogP contribution in [0.3, 0.4) is 0 Å². The van der Waals surface area contributed by atoms with Gasteiger partial charge >= 0.3 is 0 Å². The van der Waals surface area contributed by atoms with Gasteiger partial charge in [-0.05, 0) is 38.0 Å². The van der Waals surface area contributed by atoms with Crippen LogP contribution < -0.4 is 0 Å². The second-order valence-corrected chi connectivity index (χ2v) is 7.10. The predicted molar refractivity (Wildman–Crippen MR) is 72.7 cm³/mol. The van der Waals surface area contributed by atoms with Gasteiger partial charge in [-0.25, -0.2) is 8.42 Å². The Morgan fingerprint density at radius 2 is 2.26 bits per heavy atom. The lowest BCUT2D eigenvalue weighted by Crippen LogP contribution is -2.41. The van der Waals surface area contributed by atoms with Gasteiger partial charge in [0, 0.05) is 18.8 Å². The number of rotatable bonds is 3. The smallest absolute Gasteiger partial charge is 0.272 e. The van der Waals surface area contributed by atoms with Crippen LogP contribution in [-0.2, 0) is 9.84 Å². The largest absolute Gasteiger partial charge is 0.334 e. The van der Waals surface area contributed by atoms with Crippen LogP contribution >= 0.6 is 0 Å². The quantitative estimate of drug-likeness (QED) is 0.830. The minimum Gasteiger partial charge on any atom is -0.334 e. The van der Waals surface area contributed by atoms with Crippen LogP contribution in [0.4, 0.5) is 0 Å². The van der Waals surface area contributed by atoms with E-state index in [0.717, 1.165) is 5.56 Å². The summed E-state index contributed by atoms with van der Waals surface area (Å²) in [5.41, 5.74) is 1.35. The molecule has 1 fully saturated rings. The second-order valence-electron chi connectivity index (χ2n) is 4.87. The number of sulfone groups is 1. The first kappa shape index (κ1) is 14.0. The molecule has 2 heterocycles. The fraction of sp³-hybridized carbons (Fsp3) is 0.538. The van der Waals surface area contributed by atoms with Gasteiger partial charge < -0.3 is 4.90 Å². The van der Waals surface area contributed by atoms with E-state index in [9.17, 15) is 13.2 Å². The van der Waals surface area contributed by atoms with E-state index in [-0.39, 0.29) is 23.5 Å². The van der Waals surface area contributed by atoms with Crippen LogP contribution in [0.2, 0.25) is 0 Å². The Bertz CT molecular complexity index is 583. The molecule has 1 aliphatic heterocycles. The molecule has 0 spiro atoms. The summed E-state index contributed by atoms with van der Waals surface area (Å²) in [6.45, 7) is 4.25. The fourth-order valence-corrected chi connectivity index (χ4v) is 4.12. The number of hydrogen-bond donors (Lipinski definition) is 0. The summed E-state index contributed by atoms with van der Waals surface area (Å²) < 4.78 is 23.0. The second kappa shape index (κ2) is 5.28. The molecule has 1 saturated heterocycles. The molecule has 0 aliphatic carbocycles. The standard InChI is InChI=1S/C13H18N2O3S/c1-3-15(11-5-7-19(17,18)9-11)13(16)12-8-10(2)4-6-14-12/h4,6,8,11H,3,5,7,9H2,1-2H3. The zero-order chi connectivity index (χ0) is 14.0. The Morgan fingerprint density at radius 3 is 2.79 bits per heavy atom. The number of amides is 1. The maximum Gasteiger partial charge on any atom is 0.272 e. The summed E-state index contributed by atoms with van der Waals surface area (Å²) in [6, 6.07) is 3.34. The molecule has 2 rings (SSSR count). The Kier molecular flexibility index (Phi) is 3.89. The number of nitrogens with zero attached hydrogens (tertiary/aromatic N) is 2. The highest BCUT2D eigenvalue weighted by Crippen LogP contribution is 2.19. The number of aryl methyl sites for hydroxylation is 1. The minimum absolute atomic E-state index is 0.0679. The average Bonchev–Trinajstić information content (AvgIpc) is 2.70. The van der Waals surface area contributed by atoms with E-state index < -0.39 is 9.84 Å². The Morgan fingerprint density at radius 1 is 1.53 bits per heavy atom. The monoisotopic (exact) mass is 282 g/mol. The first-order chi connectivity index (χ1) is 8.93. The molecule has 0 N–H and O–H groups in total. The first-order valence-corrected chi connectivity index (χ1v) is 8.19. The first-order valence-electron chi connectivity index (χ1n) is 6.37. The number of aromatic nitrogens is 1. The summed E-state index contributed by atoms with van der Waals surface area (Å²) in [4.78, 5) is 18.1. The van der Waals surface area contributed by atoms with Crippen LogP contribution in [0.1, 0.15) is 29.4 Å². The Balaban J connectivity index is 2.21. The molecule has 5 nitrogen and oxygen atoms in total. The lowest BCUT2D eigenvalue weighted by atomic mass is 10.2. The number of carbonyl (C=O) groups is 1. The van der Waals surface area contributed by atoms with Gasteiger partial charge in [-0.15, -0.1) is 0 Å². The van der Waals surface area contributed by atoms with E-state index >= 15 is 0 Å². The maximum absolute atomic E-state index is 12.4. The van der Waals surface area contributed by atoms with E-state index in [2.05, 4.69) is 4.98 Å². The zero-order valence-corrected chi connectivity index (χ0v) is 12.0. The summed E-state index contributed by atoms with van der Waals surface area (Å²) in [5, 5.41) is 0. The molecule has 0 radical (unpaired) electrons. The van der Waals surface area contributed by atoms with Crippen molar-refractivity contribution >= 4 is 15.7 Å². The molecule has 104 valence electrons. The van der Waals surface area contributed by atoms with Gasteiger partial charge in [0.25, 0.3) is 5.91 Å². The van der Waals surface area contributed by atoms with Crippen molar-refractivity contribution in [2.24, 2.45) is 0 Å². The van der Waals surface area contributed by atoms with Gasteiger partial charge in [-0.2, -0.15) is 0 Å².